The lowest BCUT2D eigenvalue weighted by Gasteiger charge is -2.54. The van der Waals surface area contributed by atoms with Crippen molar-refractivity contribution in [2.45, 2.75) is 56.8 Å². The van der Waals surface area contributed by atoms with E-state index in [1.807, 2.05) is 0 Å². The van der Waals surface area contributed by atoms with Gasteiger partial charge in [-0.1, -0.05) is 30.8 Å². The Balaban J connectivity index is 1.68. The molecule has 0 atom stereocenters. The van der Waals surface area contributed by atoms with Crippen molar-refractivity contribution < 1.29 is 4.39 Å². The van der Waals surface area contributed by atoms with E-state index in [-0.39, 0.29) is 5.41 Å². The first-order valence-corrected chi connectivity index (χ1v) is 9.06. The summed E-state index contributed by atoms with van der Waals surface area (Å²) in [6, 6.07) is 8.97. The predicted octanol–water partition coefficient (Wildman–Crippen LogP) is 4.50. The molecule has 1 aromatic rings. The average molecular weight is 328 g/mol. The van der Waals surface area contributed by atoms with Crippen LogP contribution in [0.25, 0.3) is 0 Å². The summed E-state index contributed by atoms with van der Waals surface area (Å²) in [5.41, 5.74) is 16.4. The molecule has 130 valence electrons. The molecule has 0 heterocycles. The molecular weight excluding hydrogens is 299 g/mol. The molecule has 0 aromatic heterocycles. The Bertz CT molecular complexity index is 605. The van der Waals surface area contributed by atoms with E-state index in [1.165, 1.54) is 49.7 Å². The summed E-state index contributed by atoms with van der Waals surface area (Å²) in [7, 11) is 0. The minimum Gasteiger partial charge on any atom is -0.402 e. The molecular formula is C21H29FN2. The summed E-state index contributed by atoms with van der Waals surface area (Å²) in [5.74, 6) is 0. The summed E-state index contributed by atoms with van der Waals surface area (Å²) in [6.07, 6.45) is 9.34. The van der Waals surface area contributed by atoms with Crippen molar-refractivity contribution in [2.75, 3.05) is 6.54 Å². The molecule has 3 heteroatoms. The first kappa shape index (κ1) is 17.2. The van der Waals surface area contributed by atoms with Gasteiger partial charge in [0.05, 0.1) is 6.33 Å². The van der Waals surface area contributed by atoms with Crippen LogP contribution in [0, 0.1) is 5.41 Å². The second kappa shape index (κ2) is 6.72. The maximum atomic E-state index is 12.6. The Morgan fingerprint density at radius 3 is 2.12 bits per heavy atom. The molecule has 3 saturated carbocycles. The molecule has 0 amide bonds. The van der Waals surface area contributed by atoms with E-state index in [1.54, 1.807) is 0 Å². The molecule has 3 aliphatic rings. The van der Waals surface area contributed by atoms with Crippen LogP contribution in [-0.2, 0) is 11.8 Å². The minimum absolute atomic E-state index is 0.207. The summed E-state index contributed by atoms with van der Waals surface area (Å²) in [4.78, 5) is 0. The Morgan fingerprint density at radius 2 is 1.67 bits per heavy atom. The summed E-state index contributed by atoms with van der Waals surface area (Å²) in [6.45, 7) is 4.34. The zero-order valence-electron chi connectivity index (χ0n) is 14.5. The van der Waals surface area contributed by atoms with Gasteiger partial charge in [0, 0.05) is 17.7 Å². The summed E-state index contributed by atoms with van der Waals surface area (Å²) < 4.78 is 12.6. The maximum Gasteiger partial charge on any atom is 0.0871 e. The molecule has 0 unspecified atom stereocenters. The third-order valence-corrected chi connectivity index (χ3v) is 6.65. The molecule has 4 rings (SSSR count). The molecule has 2 bridgehead atoms. The number of aryl methyl sites for hydroxylation is 1. The van der Waals surface area contributed by atoms with E-state index >= 15 is 0 Å². The Kier molecular flexibility index (Phi) is 4.82. The fourth-order valence-corrected chi connectivity index (χ4v) is 4.63. The standard InChI is InChI=1S/C21H29FN2/c1-16(24)20-8-11-21(12-9-20,13-10-20)19-6-4-17(5-7-19)2-3-18(14-22)15-23/h4-7,14H,1-3,8-13,15,23-24H2/b18-14-. The van der Waals surface area contributed by atoms with Crippen LogP contribution >= 0.6 is 0 Å². The molecule has 4 N–H and O–H groups in total. The maximum absolute atomic E-state index is 12.6. The van der Waals surface area contributed by atoms with Gasteiger partial charge in [-0.05, 0) is 73.5 Å². The SMILES string of the molecule is C=C(N)C12CCC(c3ccc(CC/C(=C/F)CN)cc3)(CC1)CC2. The normalized spacial score (nSPS) is 29.7. The molecule has 3 aliphatic carbocycles. The van der Waals surface area contributed by atoms with Crippen molar-refractivity contribution in [2.24, 2.45) is 16.9 Å². The summed E-state index contributed by atoms with van der Waals surface area (Å²) >= 11 is 0. The van der Waals surface area contributed by atoms with E-state index in [4.69, 9.17) is 11.5 Å². The highest BCUT2D eigenvalue weighted by molar-refractivity contribution is 5.33. The molecule has 0 aliphatic heterocycles. The zero-order chi connectivity index (χ0) is 17.2. The van der Waals surface area contributed by atoms with Crippen molar-refractivity contribution in [1.82, 2.24) is 0 Å². The van der Waals surface area contributed by atoms with Gasteiger partial charge >= 0.3 is 0 Å². The van der Waals surface area contributed by atoms with E-state index in [0.29, 0.717) is 30.3 Å². The number of fused-ring (bicyclic) bond motifs is 3. The van der Waals surface area contributed by atoms with Crippen LogP contribution in [0.1, 0.15) is 56.1 Å². The second-order valence-electron chi connectivity index (χ2n) is 7.75. The molecule has 3 fully saturated rings. The van der Waals surface area contributed by atoms with Gasteiger partial charge in [-0.2, -0.15) is 0 Å². The number of benzene rings is 1. The Hall–Kier alpha value is -1.61. The van der Waals surface area contributed by atoms with Gasteiger partial charge in [0.1, 0.15) is 0 Å². The van der Waals surface area contributed by atoms with Gasteiger partial charge in [-0.3, -0.25) is 0 Å². The summed E-state index contributed by atoms with van der Waals surface area (Å²) in [5, 5.41) is 0. The van der Waals surface area contributed by atoms with Crippen LogP contribution in [0.4, 0.5) is 4.39 Å². The second-order valence-corrected chi connectivity index (χ2v) is 7.75. The predicted molar refractivity (Wildman–Crippen MR) is 98.1 cm³/mol. The van der Waals surface area contributed by atoms with Gasteiger partial charge in [-0.15, -0.1) is 0 Å². The third-order valence-electron chi connectivity index (χ3n) is 6.65. The molecule has 1 aromatic carbocycles. The monoisotopic (exact) mass is 328 g/mol. The van der Waals surface area contributed by atoms with E-state index < -0.39 is 0 Å². The lowest BCUT2D eigenvalue weighted by Crippen LogP contribution is -2.46. The van der Waals surface area contributed by atoms with Gasteiger partial charge in [0.15, 0.2) is 0 Å². The van der Waals surface area contributed by atoms with Crippen LogP contribution in [0.5, 0.6) is 0 Å². The van der Waals surface area contributed by atoms with Crippen molar-refractivity contribution >= 4 is 0 Å². The molecule has 0 spiro atoms. The number of nitrogens with two attached hydrogens (primary N) is 2. The van der Waals surface area contributed by atoms with Crippen LogP contribution < -0.4 is 11.5 Å². The fourth-order valence-electron chi connectivity index (χ4n) is 4.63. The Morgan fingerprint density at radius 1 is 1.08 bits per heavy atom. The van der Waals surface area contributed by atoms with Gasteiger partial charge < -0.3 is 11.5 Å². The van der Waals surface area contributed by atoms with Crippen LogP contribution in [0.15, 0.2) is 48.4 Å². The van der Waals surface area contributed by atoms with Crippen molar-refractivity contribution in [1.29, 1.82) is 0 Å². The zero-order valence-corrected chi connectivity index (χ0v) is 14.5. The van der Waals surface area contributed by atoms with Crippen molar-refractivity contribution in [3.63, 3.8) is 0 Å². The molecule has 24 heavy (non-hydrogen) atoms. The lowest BCUT2D eigenvalue weighted by molar-refractivity contribution is 0.0688. The molecule has 0 saturated heterocycles. The average Bonchev–Trinajstić information content (AvgIpc) is 2.64. The van der Waals surface area contributed by atoms with E-state index in [9.17, 15) is 4.39 Å². The van der Waals surface area contributed by atoms with Crippen LogP contribution in [0.2, 0.25) is 0 Å². The number of hydrogen-bond acceptors (Lipinski definition) is 2. The fraction of sp³-hybridized carbons (Fsp3) is 0.524. The first-order valence-electron chi connectivity index (χ1n) is 9.06. The van der Waals surface area contributed by atoms with Crippen molar-refractivity contribution in [3.8, 4) is 0 Å². The molecule has 2 nitrogen and oxygen atoms in total. The number of halogens is 1. The number of allylic oxidation sites excluding steroid dienone is 1. The highest BCUT2D eigenvalue weighted by Gasteiger charge is 2.49. The minimum atomic E-state index is 0.207. The van der Waals surface area contributed by atoms with Crippen LogP contribution in [0.3, 0.4) is 0 Å². The van der Waals surface area contributed by atoms with E-state index in [2.05, 4.69) is 30.8 Å². The van der Waals surface area contributed by atoms with Gasteiger partial charge in [-0.25, -0.2) is 4.39 Å². The van der Waals surface area contributed by atoms with Gasteiger partial charge in [0.2, 0.25) is 0 Å². The number of rotatable bonds is 6. The first-order chi connectivity index (χ1) is 11.5. The third kappa shape index (κ3) is 3.02. The van der Waals surface area contributed by atoms with Gasteiger partial charge in [0.25, 0.3) is 0 Å². The quantitative estimate of drug-likeness (QED) is 0.808. The van der Waals surface area contributed by atoms with Crippen molar-refractivity contribution in [3.05, 3.63) is 59.6 Å². The highest BCUT2D eigenvalue weighted by Crippen LogP contribution is 2.59. The van der Waals surface area contributed by atoms with Crippen LogP contribution in [-0.4, -0.2) is 6.54 Å². The highest BCUT2D eigenvalue weighted by atomic mass is 19.1. The smallest absolute Gasteiger partial charge is 0.0871 e. The largest absolute Gasteiger partial charge is 0.402 e. The topological polar surface area (TPSA) is 52.0 Å². The lowest BCUT2D eigenvalue weighted by atomic mass is 9.51. The Labute approximate surface area is 144 Å². The van der Waals surface area contributed by atoms with E-state index in [0.717, 1.165) is 12.1 Å². The molecule has 0 radical (unpaired) electrons. The number of hydrogen-bond donors (Lipinski definition) is 2.